The quantitative estimate of drug-likeness (QED) is 0.814. The highest BCUT2D eigenvalue weighted by atomic mass is 35.5. The van der Waals surface area contributed by atoms with Gasteiger partial charge in [0.25, 0.3) is 5.91 Å². The van der Waals surface area contributed by atoms with Crippen LogP contribution in [0.4, 0.5) is 4.39 Å². The molecule has 0 aromatic heterocycles. The predicted molar refractivity (Wildman–Crippen MR) is 58.7 cm³/mol. The number of rotatable bonds is 4. The maximum atomic E-state index is 12.7. The van der Waals surface area contributed by atoms with E-state index in [2.05, 4.69) is 11.2 Å². The van der Waals surface area contributed by atoms with Crippen LogP contribution in [0.1, 0.15) is 0 Å². The predicted octanol–water partition coefficient (Wildman–Crippen LogP) is 1.61. The molecule has 0 bridgehead atoms. The molecule has 84 valence electrons. The molecule has 0 fully saturated rings. The second-order valence-corrected chi connectivity index (χ2v) is 3.25. The summed E-state index contributed by atoms with van der Waals surface area (Å²) < 4.78 is 17.7. The number of amides is 1. The number of hydrogen-bond acceptors (Lipinski definition) is 2. The van der Waals surface area contributed by atoms with Crippen LogP contribution in [-0.4, -0.2) is 19.1 Å². The Morgan fingerprint density at radius 2 is 2.38 bits per heavy atom. The van der Waals surface area contributed by atoms with Gasteiger partial charge >= 0.3 is 0 Å². The zero-order valence-corrected chi connectivity index (χ0v) is 9.05. The minimum atomic E-state index is -0.464. The lowest BCUT2D eigenvalue weighted by Gasteiger charge is -2.07. The number of benzene rings is 1. The van der Waals surface area contributed by atoms with Crippen molar-refractivity contribution in [3.8, 4) is 18.1 Å². The lowest BCUT2D eigenvalue weighted by atomic mass is 10.3. The minimum Gasteiger partial charge on any atom is -0.482 e. The van der Waals surface area contributed by atoms with Crippen molar-refractivity contribution in [1.82, 2.24) is 5.32 Å². The molecule has 1 N–H and O–H groups in total. The molecule has 0 heterocycles. The minimum absolute atomic E-state index is 0.116. The first-order valence-electron chi connectivity index (χ1n) is 4.41. The first-order chi connectivity index (χ1) is 7.63. The molecule has 5 heteroatoms. The summed E-state index contributed by atoms with van der Waals surface area (Å²) in [5, 5.41) is 2.53. The summed E-state index contributed by atoms with van der Waals surface area (Å²) >= 11 is 5.69. The molecule has 0 atom stereocenters. The van der Waals surface area contributed by atoms with E-state index in [-0.39, 0.29) is 29.8 Å². The maximum absolute atomic E-state index is 12.7. The molecule has 3 nitrogen and oxygen atoms in total. The normalized spacial score (nSPS) is 9.31. The highest BCUT2D eigenvalue weighted by Crippen LogP contribution is 2.24. The van der Waals surface area contributed by atoms with E-state index in [9.17, 15) is 9.18 Å². The molecule has 0 saturated carbocycles. The molecule has 0 aliphatic rings. The molecule has 0 unspecified atom stereocenters. The summed E-state index contributed by atoms with van der Waals surface area (Å²) in [6.07, 6.45) is 4.96. The number of terminal acetylenes is 1. The molecule has 1 rings (SSSR count). The van der Waals surface area contributed by atoms with Gasteiger partial charge in [0.15, 0.2) is 6.61 Å². The van der Waals surface area contributed by atoms with E-state index < -0.39 is 5.82 Å². The molecule has 0 spiro atoms. The maximum Gasteiger partial charge on any atom is 0.258 e. The highest BCUT2D eigenvalue weighted by molar-refractivity contribution is 6.32. The van der Waals surface area contributed by atoms with Crippen LogP contribution in [0.5, 0.6) is 5.75 Å². The van der Waals surface area contributed by atoms with Gasteiger partial charge in [-0.05, 0) is 18.2 Å². The van der Waals surface area contributed by atoms with Crippen LogP contribution in [-0.2, 0) is 4.79 Å². The van der Waals surface area contributed by atoms with Crippen LogP contribution in [0.25, 0.3) is 0 Å². The van der Waals surface area contributed by atoms with Crippen LogP contribution < -0.4 is 10.1 Å². The zero-order chi connectivity index (χ0) is 12.0. The average molecular weight is 242 g/mol. The van der Waals surface area contributed by atoms with Gasteiger partial charge in [-0.2, -0.15) is 0 Å². The van der Waals surface area contributed by atoms with Gasteiger partial charge in [-0.15, -0.1) is 6.42 Å². The standard InChI is InChI=1S/C11H9ClFNO2/c1-2-5-14-11(15)7-16-10-4-3-8(13)6-9(10)12/h1,3-4,6H,5,7H2,(H,14,15). The van der Waals surface area contributed by atoms with Crippen molar-refractivity contribution in [3.63, 3.8) is 0 Å². The summed E-state index contributed by atoms with van der Waals surface area (Å²) in [4.78, 5) is 11.1. The molecule has 1 amide bonds. The molecule has 0 aliphatic heterocycles. The molecule has 0 radical (unpaired) electrons. The second kappa shape index (κ2) is 5.99. The summed E-state index contributed by atoms with van der Waals surface area (Å²) in [6, 6.07) is 3.66. The van der Waals surface area contributed by atoms with Crippen molar-refractivity contribution in [3.05, 3.63) is 29.0 Å². The highest BCUT2D eigenvalue weighted by Gasteiger charge is 2.05. The third kappa shape index (κ3) is 3.79. The Labute approximate surface area is 97.5 Å². The number of carbonyl (C=O) groups excluding carboxylic acids is 1. The van der Waals surface area contributed by atoms with E-state index in [1.54, 1.807) is 0 Å². The smallest absolute Gasteiger partial charge is 0.258 e. The van der Waals surface area contributed by atoms with Gasteiger partial charge in [0, 0.05) is 0 Å². The molecule has 1 aromatic rings. The van der Waals surface area contributed by atoms with E-state index in [0.29, 0.717) is 0 Å². The van der Waals surface area contributed by atoms with Gasteiger partial charge < -0.3 is 10.1 Å². The van der Waals surface area contributed by atoms with Crippen molar-refractivity contribution in [2.24, 2.45) is 0 Å². The van der Waals surface area contributed by atoms with Crippen LogP contribution in [0.15, 0.2) is 18.2 Å². The number of nitrogens with one attached hydrogen (secondary N) is 1. The van der Waals surface area contributed by atoms with Crippen LogP contribution in [0.2, 0.25) is 5.02 Å². The van der Waals surface area contributed by atoms with E-state index >= 15 is 0 Å². The third-order valence-corrected chi connectivity index (χ3v) is 1.94. The van der Waals surface area contributed by atoms with Crippen molar-refractivity contribution >= 4 is 17.5 Å². The van der Waals surface area contributed by atoms with Gasteiger partial charge in [0.05, 0.1) is 11.6 Å². The summed E-state index contributed by atoms with van der Waals surface area (Å²) in [6.45, 7) is -0.0770. The first-order valence-corrected chi connectivity index (χ1v) is 4.79. The van der Waals surface area contributed by atoms with Gasteiger partial charge in [0.1, 0.15) is 11.6 Å². The fourth-order valence-electron chi connectivity index (χ4n) is 0.936. The van der Waals surface area contributed by atoms with E-state index in [4.69, 9.17) is 22.8 Å². The fraction of sp³-hybridized carbons (Fsp3) is 0.182. The van der Waals surface area contributed by atoms with Crippen molar-refractivity contribution in [2.75, 3.05) is 13.2 Å². The van der Waals surface area contributed by atoms with E-state index in [0.717, 1.165) is 6.07 Å². The zero-order valence-electron chi connectivity index (χ0n) is 8.30. The number of ether oxygens (including phenoxy) is 1. The van der Waals surface area contributed by atoms with Crippen molar-refractivity contribution < 1.29 is 13.9 Å². The van der Waals surface area contributed by atoms with E-state index in [1.807, 2.05) is 0 Å². The van der Waals surface area contributed by atoms with Crippen LogP contribution >= 0.6 is 11.6 Å². The lowest BCUT2D eigenvalue weighted by Crippen LogP contribution is -2.29. The number of halogens is 2. The van der Waals surface area contributed by atoms with Crippen molar-refractivity contribution in [1.29, 1.82) is 0 Å². The summed E-state index contributed by atoms with van der Waals surface area (Å²) in [5.41, 5.74) is 0. The third-order valence-electron chi connectivity index (χ3n) is 1.64. The van der Waals surface area contributed by atoms with Gasteiger partial charge in [-0.25, -0.2) is 4.39 Å². The van der Waals surface area contributed by atoms with Gasteiger partial charge in [0.2, 0.25) is 0 Å². The van der Waals surface area contributed by atoms with Crippen LogP contribution in [0, 0.1) is 18.2 Å². The fourth-order valence-corrected chi connectivity index (χ4v) is 1.16. The molecule has 16 heavy (non-hydrogen) atoms. The van der Waals surface area contributed by atoms with E-state index in [1.165, 1.54) is 12.1 Å². The molecule has 1 aromatic carbocycles. The lowest BCUT2D eigenvalue weighted by molar-refractivity contribution is -0.122. The number of hydrogen-bond donors (Lipinski definition) is 1. The molecule has 0 saturated heterocycles. The topological polar surface area (TPSA) is 38.3 Å². The van der Waals surface area contributed by atoms with Crippen LogP contribution in [0.3, 0.4) is 0 Å². The average Bonchev–Trinajstić information content (AvgIpc) is 2.25. The first kappa shape index (κ1) is 12.3. The monoisotopic (exact) mass is 241 g/mol. The van der Waals surface area contributed by atoms with Gasteiger partial charge in [-0.1, -0.05) is 17.5 Å². The Kier molecular flexibility index (Phi) is 4.62. The Morgan fingerprint density at radius 1 is 1.62 bits per heavy atom. The van der Waals surface area contributed by atoms with Gasteiger partial charge in [-0.3, -0.25) is 4.79 Å². The summed E-state index contributed by atoms with van der Waals surface area (Å²) in [5.74, 6) is 1.68. The molecular formula is C11H9ClFNO2. The SMILES string of the molecule is C#CCNC(=O)COc1ccc(F)cc1Cl. The Bertz CT molecular complexity index is 428. The molecular weight excluding hydrogens is 233 g/mol. The largest absolute Gasteiger partial charge is 0.482 e. The Balaban J connectivity index is 2.49. The Hall–Kier alpha value is -1.73. The second-order valence-electron chi connectivity index (χ2n) is 2.84. The molecule has 0 aliphatic carbocycles. The Morgan fingerprint density at radius 3 is 3.00 bits per heavy atom. The summed E-state index contributed by atoms with van der Waals surface area (Å²) in [7, 11) is 0. The van der Waals surface area contributed by atoms with Crippen molar-refractivity contribution in [2.45, 2.75) is 0 Å². The number of carbonyl (C=O) groups is 1.